The van der Waals surface area contributed by atoms with Crippen LogP contribution in [0.1, 0.15) is 24.5 Å². The molecule has 0 spiro atoms. The second-order valence-corrected chi connectivity index (χ2v) is 7.20. The molecule has 8 heteroatoms. The molecule has 0 amide bonds. The Kier molecular flexibility index (Phi) is 3.73. The van der Waals surface area contributed by atoms with E-state index < -0.39 is 10.0 Å². The third kappa shape index (κ3) is 2.96. The van der Waals surface area contributed by atoms with Crippen LogP contribution in [0, 0.1) is 0 Å². The maximum atomic E-state index is 11.6. The minimum Gasteiger partial charge on any atom is -0.285 e. The molecule has 2 aromatic rings. The van der Waals surface area contributed by atoms with Gasteiger partial charge < -0.3 is 0 Å². The van der Waals surface area contributed by atoms with Crippen LogP contribution in [-0.2, 0) is 10.0 Å². The predicted octanol–water partition coefficient (Wildman–Crippen LogP) is 1.01. The number of nitrogens with zero attached hydrogens (tertiary/aromatic N) is 4. The van der Waals surface area contributed by atoms with Crippen molar-refractivity contribution in [3.05, 3.63) is 30.5 Å². The van der Waals surface area contributed by atoms with E-state index in [1.54, 1.807) is 24.8 Å². The van der Waals surface area contributed by atoms with Crippen LogP contribution in [-0.4, -0.2) is 52.2 Å². The third-order valence-electron chi connectivity index (χ3n) is 3.81. The summed E-state index contributed by atoms with van der Waals surface area (Å²) in [6, 6.07) is 0. The standard InChI is InChI=1S/C13H17N5O2S/c1-21(19,20)18-6-2-10(3-7-18)12-13(15-5-4-14-12)11-8-16-17-9-11/h4-5,8-10H,2-3,6-7H2,1H3,(H,16,17). The minimum atomic E-state index is -3.10. The Morgan fingerprint density at radius 2 is 1.95 bits per heavy atom. The van der Waals surface area contributed by atoms with E-state index in [-0.39, 0.29) is 5.92 Å². The van der Waals surface area contributed by atoms with Gasteiger partial charge in [-0.15, -0.1) is 0 Å². The number of piperidine rings is 1. The molecule has 0 atom stereocenters. The van der Waals surface area contributed by atoms with Crippen LogP contribution >= 0.6 is 0 Å². The molecule has 0 saturated carbocycles. The molecule has 0 bridgehead atoms. The van der Waals surface area contributed by atoms with Gasteiger partial charge in [0.25, 0.3) is 0 Å². The number of sulfonamides is 1. The highest BCUT2D eigenvalue weighted by Crippen LogP contribution is 2.32. The summed E-state index contributed by atoms with van der Waals surface area (Å²) in [6.07, 6.45) is 9.64. The summed E-state index contributed by atoms with van der Waals surface area (Å²) in [5, 5.41) is 6.73. The summed E-state index contributed by atoms with van der Waals surface area (Å²) in [7, 11) is -3.10. The number of hydrogen-bond acceptors (Lipinski definition) is 5. The zero-order valence-corrected chi connectivity index (χ0v) is 12.5. The molecular weight excluding hydrogens is 290 g/mol. The molecule has 1 saturated heterocycles. The number of aromatic amines is 1. The van der Waals surface area contributed by atoms with Gasteiger partial charge in [0.05, 0.1) is 23.8 Å². The second kappa shape index (κ2) is 5.53. The monoisotopic (exact) mass is 307 g/mol. The van der Waals surface area contributed by atoms with Crippen molar-refractivity contribution >= 4 is 10.0 Å². The predicted molar refractivity (Wildman–Crippen MR) is 78.0 cm³/mol. The molecule has 112 valence electrons. The fourth-order valence-corrected chi connectivity index (χ4v) is 3.59. The Morgan fingerprint density at radius 1 is 1.24 bits per heavy atom. The molecule has 0 unspecified atom stereocenters. The van der Waals surface area contributed by atoms with Gasteiger partial charge in [-0.05, 0) is 12.8 Å². The molecule has 21 heavy (non-hydrogen) atoms. The summed E-state index contributed by atoms with van der Waals surface area (Å²) < 4.78 is 24.7. The molecule has 0 aromatic carbocycles. The first-order valence-electron chi connectivity index (χ1n) is 6.81. The average Bonchev–Trinajstić information content (AvgIpc) is 3.01. The van der Waals surface area contributed by atoms with Gasteiger partial charge >= 0.3 is 0 Å². The van der Waals surface area contributed by atoms with Gasteiger partial charge in [-0.25, -0.2) is 12.7 Å². The Bertz CT molecular complexity index is 706. The largest absolute Gasteiger partial charge is 0.285 e. The number of hydrogen-bond donors (Lipinski definition) is 1. The number of rotatable bonds is 3. The first kappa shape index (κ1) is 14.2. The van der Waals surface area contributed by atoms with Gasteiger partial charge in [0.2, 0.25) is 10.0 Å². The molecule has 7 nitrogen and oxygen atoms in total. The number of aromatic nitrogens is 4. The first-order valence-corrected chi connectivity index (χ1v) is 8.65. The maximum Gasteiger partial charge on any atom is 0.211 e. The van der Waals surface area contributed by atoms with Crippen LogP contribution in [0.15, 0.2) is 24.8 Å². The Hall–Kier alpha value is -1.80. The van der Waals surface area contributed by atoms with E-state index in [1.807, 2.05) is 0 Å². The van der Waals surface area contributed by atoms with Crippen LogP contribution in [0.2, 0.25) is 0 Å². The van der Waals surface area contributed by atoms with E-state index in [1.165, 1.54) is 10.6 Å². The molecule has 3 heterocycles. The SMILES string of the molecule is CS(=O)(=O)N1CCC(c2nccnc2-c2cn[nH]c2)CC1. The van der Waals surface area contributed by atoms with Crippen molar-refractivity contribution in [1.29, 1.82) is 0 Å². The van der Waals surface area contributed by atoms with Crippen LogP contribution in [0.25, 0.3) is 11.3 Å². The Balaban J connectivity index is 1.83. The van der Waals surface area contributed by atoms with Gasteiger partial charge in [0, 0.05) is 43.2 Å². The van der Waals surface area contributed by atoms with Gasteiger partial charge in [-0.3, -0.25) is 15.1 Å². The number of H-pyrrole nitrogens is 1. The Labute approximate surface area is 123 Å². The van der Waals surface area contributed by atoms with Crippen LogP contribution in [0.3, 0.4) is 0 Å². The smallest absolute Gasteiger partial charge is 0.211 e. The normalized spacial score (nSPS) is 18.0. The van der Waals surface area contributed by atoms with Crippen molar-refractivity contribution in [3.8, 4) is 11.3 Å². The van der Waals surface area contributed by atoms with Crippen LogP contribution in [0.4, 0.5) is 0 Å². The quantitative estimate of drug-likeness (QED) is 0.913. The summed E-state index contributed by atoms with van der Waals surface area (Å²) >= 11 is 0. The molecule has 1 fully saturated rings. The molecule has 1 N–H and O–H groups in total. The molecule has 0 radical (unpaired) electrons. The van der Waals surface area contributed by atoms with Crippen molar-refractivity contribution in [1.82, 2.24) is 24.5 Å². The second-order valence-electron chi connectivity index (χ2n) is 5.21. The highest BCUT2D eigenvalue weighted by Gasteiger charge is 2.28. The highest BCUT2D eigenvalue weighted by atomic mass is 32.2. The molecule has 1 aliphatic heterocycles. The molecular formula is C13H17N5O2S. The van der Waals surface area contributed by atoms with Gasteiger partial charge in [0.1, 0.15) is 0 Å². The van der Waals surface area contributed by atoms with Crippen molar-refractivity contribution in [2.75, 3.05) is 19.3 Å². The highest BCUT2D eigenvalue weighted by molar-refractivity contribution is 7.88. The molecule has 0 aliphatic carbocycles. The summed E-state index contributed by atoms with van der Waals surface area (Å²) in [4.78, 5) is 8.88. The summed E-state index contributed by atoms with van der Waals surface area (Å²) in [5.74, 6) is 0.224. The van der Waals surface area contributed by atoms with E-state index >= 15 is 0 Å². The topological polar surface area (TPSA) is 91.8 Å². The lowest BCUT2D eigenvalue weighted by Gasteiger charge is -2.30. The lowest BCUT2D eigenvalue weighted by molar-refractivity contribution is 0.318. The van der Waals surface area contributed by atoms with E-state index in [0.29, 0.717) is 13.1 Å². The van der Waals surface area contributed by atoms with Gasteiger partial charge in [-0.1, -0.05) is 0 Å². The summed E-state index contributed by atoms with van der Waals surface area (Å²) in [6.45, 7) is 1.07. The fraction of sp³-hybridized carbons (Fsp3) is 0.462. The van der Waals surface area contributed by atoms with E-state index in [0.717, 1.165) is 29.8 Å². The fourth-order valence-electron chi connectivity index (χ4n) is 2.71. The lowest BCUT2D eigenvalue weighted by Crippen LogP contribution is -2.37. The molecule has 2 aromatic heterocycles. The van der Waals surface area contributed by atoms with E-state index in [9.17, 15) is 8.42 Å². The zero-order chi connectivity index (χ0) is 14.9. The zero-order valence-electron chi connectivity index (χ0n) is 11.7. The Morgan fingerprint density at radius 3 is 2.57 bits per heavy atom. The van der Waals surface area contributed by atoms with Crippen molar-refractivity contribution in [3.63, 3.8) is 0 Å². The summed E-state index contributed by atoms with van der Waals surface area (Å²) in [5.41, 5.74) is 2.65. The minimum absolute atomic E-state index is 0.224. The van der Waals surface area contributed by atoms with Crippen molar-refractivity contribution < 1.29 is 8.42 Å². The van der Waals surface area contributed by atoms with E-state index in [2.05, 4.69) is 20.2 Å². The lowest BCUT2D eigenvalue weighted by atomic mass is 9.92. The number of nitrogens with one attached hydrogen (secondary N) is 1. The van der Waals surface area contributed by atoms with Gasteiger partial charge in [0.15, 0.2) is 0 Å². The molecule has 3 rings (SSSR count). The van der Waals surface area contributed by atoms with Crippen molar-refractivity contribution in [2.45, 2.75) is 18.8 Å². The molecule has 1 aliphatic rings. The average molecular weight is 307 g/mol. The van der Waals surface area contributed by atoms with Crippen LogP contribution < -0.4 is 0 Å². The van der Waals surface area contributed by atoms with E-state index in [4.69, 9.17) is 0 Å². The maximum absolute atomic E-state index is 11.6. The first-order chi connectivity index (χ1) is 10.1. The van der Waals surface area contributed by atoms with Crippen LogP contribution in [0.5, 0.6) is 0 Å². The third-order valence-corrected chi connectivity index (χ3v) is 5.11. The van der Waals surface area contributed by atoms with Gasteiger partial charge in [-0.2, -0.15) is 5.10 Å². The van der Waals surface area contributed by atoms with Crippen molar-refractivity contribution in [2.24, 2.45) is 0 Å².